The van der Waals surface area contributed by atoms with E-state index in [0.29, 0.717) is 6.42 Å². The van der Waals surface area contributed by atoms with Crippen LogP contribution < -0.4 is 5.32 Å². The second-order valence-electron chi connectivity index (χ2n) is 16.8. The lowest BCUT2D eigenvalue weighted by Gasteiger charge is -2.50. The average Bonchev–Trinajstić information content (AvgIpc) is 3.28. The van der Waals surface area contributed by atoms with Crippen molar-refractivity contribution in [3.05, 3.63) is 22.6 Å². The summed E-state index contributed by atoms with van der Waals surface area (Å²) in [6.07, 6.45) is -12.7. The van der Waals surface area contributed by atoms with Crippen molar-refractivity contribution in [2.75, 3.05) is 26.4 Å². The third-order valence-electron chi connectivity index (χ3n) is 11.8. The maximum atomic E-state index is 12.8. The molecule has 3 fully saturated rings. The van der Waals surface area contributed by atoms with E-state index in [1.807, 2.05) is 0 Å². The van der Waals surface area contributed by atoms with E-state index in [4.69, 9.17) is 34.0 Å². The van der Waals surface area contributed by atoms with Crippen LogP contribution in [0, 0.1) is 0 Å². The fraction of sp³-hybridized carbons (Fsp3) is 0.902. The molecule has 0 bridgehead atoms. The van der Waals surface area contributed by atoms with E-state index in [0.717, 1.165) is 26.2 Å². The first-order chi connectivity index (χ1) is 31.0. The molecule has 3 heterocycles. The van der Waals surface area contributed by atoms with E-state index in [-0.39, 0.29) is 0 Å². The van der Waals surface area contributed by atoms with Crippen molar-refractivity contribution in [1.29, 1.82) is 0 Å². The van der Waals surface area contributed by atoms with Crippen LogP contribution in [-0.4, -0.2) is 209 Å². The summed E-state index contributed by atoms with van der Waals surface area (Å²) in [5.74, 6) is -5.83. The van der Waals surface area contributed by atoms with Gasteiger partial charge in [0, 0.05) is 18.3 Å². The van der Waals surface area contributed by atoms with Gasteiger partial charge in [-0.15, -0.1) is 0 Å². The Labute approximate surface area is 377 Å². The molecule has 65 heavy (non-hydrogen) atoms. The highest BCUT2D eigenvalue weighted by Crippen LogP contribution is 2.38. The van der Waals surface area contributed by atoms with Crippen LogP contribution in [0.25, 0.3) is 10.4 Å². The van der Waals surface area contributed by atoms with Gasteiger partial charge >= 0.3 is 5.97 Å². The van der Waals surface area contributed by atoms with Crippen LogP contribution in [0.1, 0.15) is 97.3 Å². The molecule has 0 aromatic carbocycles. The number of hydrogen-bond donors (Lipinski definition) is 13. The van der Waals surface area contributed by atoms with Crippen molar-refractivity contribution in [2.24, 2.45) is 5.11 Å². The number of aliphatic hydroxyl groups is 11. The number of hydrogen-bond acceptors (Lipinski definition) is 20. The molecule has 376 valence electrons. The summed E-state index contributed by atoms with van der Waals surface area (Å²) in [4.78, 5) is 27.5. The molecular weight excluding hydrogens is 868 g/mol. The highest BCUT2D eigenvalue weighted by Gasteiger charge is 2.60. The van der Waals surface area contributed by atoms with Gasteiger partial charge in [-0.05, 0) is 18.4 Å². The molecule has 13 N–H and O–H groups in total. The van der Waals surface area contributed by atoms with Gasteiger partial charge in [0.05, 0.1) is 50.7 Å². The van der Waals surface area contributed by atoms with Crippen molar-refractivity contribution in [3.63, 3.8) is 0 Å². The second kappa shape index (κ2) is 28.6. The monoisotopic (exact) mass is 940 g/mol. The van der Waals surface area contributed by atoms with Crippen LogP contribution in [0.2, 0.25) is 0 Å². The lowest BCUT2D eigenvalue weighted by Crippen LogP contribution is -2.70. The minimum absolute atomic E-state index is 0.518. The summed E-state index contributed by atoms with van der Waals surface area (Å²) in [5, 5.41) is 133. The lowest BCUT2D eigenvalue weighted by molar-refractivity contribution is -0.386. The van der Waals surface area contributed by atoms with Gasteiger partial charge in [-0.1, -0.05) is 88.4 Å². The topological polar surface area (TPSA) is 393 Å². The first kappa shape index (κ1) is 56.6. The Bertz CT molecular complexity index is 1480. The van der Waals surface area contributed by atoms with Crippen LogP contribution >= 0.6 is 0 Å². The quantitative estimate of drug-likeness (QED) is 0.0128. The lowest BCUT2D eigenvalue weighted by atomic mass is 9.88. The molecule has 3 aliphatic heterocycles. The number of carboxylic acid groups (broad SMARTS) is 1. The summed E-state index contributed by atoms with van der Waals surface area (Å²) < 4.78 is 33.8. The number of rotatable bonds is 29. The van der Waals surface area contributed by atoms with Crippen LogP contribution in [0.5, 0.6) is 0 Å². The van der Waals surface area contributed by atoms with E-state index < -0.39 is 155 Å². The number of nitrogens with one attached hydrogen (secondary N) is 1. The Morgan fingerprint density at radius 3 is 2.00 bits per heavy atom. The van der Waals surface area contributed by atoms with E-state index >= 15 is 0 Å². The normalized spacial score (nSPS) is 34.9. The number of nitrogens with zero attached hydrogens (tertiary/aromatic N) is 3. The maximum absolute atomic E-state index is 12.8. The zero-order chi connectivity index (χ0) is 48.3. The second-order valence-corrected chi connectivity index (χ2v) is 16.8. The first-order valence-corrected chi connectivity index (χ1v) is 22.4. The third-order valence-corrected chi connectivity index (χ3v) is 11.8. The highest BCUT2D eigenvalue weighted by atomic mass is 16.8. The first-order valence-electron chi connectivity index (χ1n) is 22.4. The summed E-state index contributed by atoms with van der Waals surface area (Å²) in [6, 6.07) is -2.78. The summed E-state index contributed by atoms with van der Waals surface area (Å²) in [5.41, 5.74) is 9.15. The van der Waals surface area contributed by atoms with Crippen LogP contribution in [-0.2, 0) is 38.0 Å². The fourth-order valence-corrected chi connectivity index (χ4v) is 8.04. The molecule has 3 rings (SSSR count). The SMILES string of the molecule is CCCCCCCCCCCCC/C=C/[C@@H](O)[C@@H](CO[C@@H]1O[C@H](CO)[C@@H](O[C@@H]2O[C@H](CO)[C@H](O)[C@H](O[C@]3(C(=O)O)C[C@H](O)[C@@H](NC(C)=O)[C@H]([C@H](O)[C@H](O)CO)O3)[C@H]2O)[C@H](O)[C@H]1O)N=[N+]=[N-]. The number of carbonyl (C=O) groups is 2. The highest BCUT2D eigenvalue weighted by molar-refractivity contribution is 5.76. The number of unbranched alkanes of at least 4 members (excludes halogenated alkanes) is 11. The third kappa shape index (κ3) is 16.2. The number of aliphatic hydroxyl groups excluding tert-OH is 11. The summed E-state index contributed by atoms with van der Waals surface area (Å²) in [7, 11) is 0. The molecular formula is C41H72N4O20. The summed E-state index contributed by atoms with van der Waals surface area (Å²) >= 11 is 0. The van der Waals surface area contributed by atoms with Gasteiger partial charge in [0.2, 0.25) is 5.91 Å². The minimum atomic E-state index is -3.07. The van der Waals surface area contributed by atoms with E-state index in [1.54, 1.807) is 6.08 Å². The van der Waals surface area contributed by atoms with E-state index in [2.05, 4.69) is 22.3 Å². The number of aliphatic carboxylic acids is 1. The van der Waals surface area contributed by atoms with Crippen molar-refractivity contribution in [3.8, 4) is 0 Å². The number of amides is 1. The van der Waals surface area contributed by atoms with Crippen molar-refractivity contribution in [2.45, 2.75) is 207 Å². The molecule has 1 amide bonds. The molecule has 0 saturated carbocycles. The van der Waals surface area contributed by atoms with Crippen LogP contribution in [0.15, 0.2) is 17.3 Å². The molecule has 24 heteroatoms. The van der Waals surface area contributed by atoms with Crippen LogP contribution in [0.3, 0.4) is 0 Å². The van der Waals surface area contributed by atoms with Gasteiger partial charge in [-0.2, -0.15) is 0 Å². The van der Waals surface area contributed by atoms with Crippen molar-refractivity contribution >= 4 is 11.9 Å². The molecule has 0 aliphatic carbocycles. The zero-order valence-electron chi connectivity index (χ0n) is 37.0. The Kier molecular flexibility index (Phi) is 24.9. The largest absolute Gasteiger partial charge is 0.477 e. The van der Waals surface area contributed by atoms with Crippen molar-refractivity contribution < 1.29 is 99.3 Å². The Morgan fingerprint density at radius 1 is 0.846 bits per heavy atom. The fourth-order valence-electron chi connectivity index (χ4n) is 8.04. The van der Waals surface area contributed by atoms with Gasteiger partial charge in [-0.25, -0.2) is 4.79 Å². The molecule has 24 nitrogen and oxygen atoms in total. The van der Waals surface area contributed by atoms with E-state index in [1.165, 1.54) is 57.4 Å². The maximum Gasteiger partial charge on any atom is 0.364 e. The molecule has 0 radical (unpaired) electrons. The predicted molar refractivity (Wildman–Crippen MR) is 223 cm³/mol. The summed E-state index contributed by atoms with van der Waals surface area (Å²) in [6.45, 7) is -0.276. The Morgan fingerprint density at radius 2 is 1.45 bits per heavy atom. The molecule has 3 saturated heterocycles. The molecule has 0 spiro atoms. The van der Waals surface area contributed by atoms with Crippen LogP contribution in [0.4, 0.5) is 0 Å². The van der Waals surface area contributed by atoms with Gasteiger partial charge in [0.1, 0.15) is 67.1 Å². The molecule has 18 atom stereocenters. The number of ether oxygens (including phenoxy) is 6. The Balaban J connectivity index is 1.66. The van der Waals surface area contributed by atoms with E-state index in [9.17, 15) is 70.9 Å². The minimum Gasteiger partial charge on any atom is -0.477 e. The van der Waals surface area contributed by atoms with Crippen molar-refractivity contribution in [1.82, 2.24) is 5.32 Å². The van der Waals surface area contributed by atoms with Gasteiger partial charge < -0.3 is 95.0 Å². The number of azide groups is 1. The zero-order valence-corrected chi connectivity index (χ0v) is 37.0. The number of carbonyl (C=O) groups excluding carboxylic acids is 1. The van der Waals surface area contributed by atoms with Gasteiger partial charge in [0.25, 0.3) is 5.79 Å². The van der Waals surface area contributed by atoms with Gasteiger partial charge in [-0.3, -0.25) is 4.79 Å². The molecule has 3 aliphatic rings. The average molecular weight is 941 g/mol. The standard InChI is InChI=1S/C41H72N4O20/c1-3-4-5-6-7-8-9-10-11-12-13-14-15-16-24(50)23(44-45-42)21-60-38-33(56)32(55)35(28(20-48)62-38)63-39-34(57)37(31(54)27(19-47)61-39)65-41(40(58)59)17-25(51)29(43-22(2)49)36(64-41)30(53)26(52)18-46/h15-16,23-39,46-48,50-57H,3-14,17-21H2,1-2H3,(H,43,49)(H,58,59)/b16-15+/t23-,24-,25+,26-,27-,28-,29-,30-,31+,32-,33-,34-,35-,36-,37+,38-,39+,41+/m1/s1. The van der Waals surface area contributed by atoms with Gasteiger partial charge in [0.15, 0.2) is 12.6 Å². The molecule has 0 aromatic heterocycles. The number of carboxylic acids is 1. The predicted octanol–water partition coefficient (Wildman–Crippen LogP) is -1.90. The molecule has 0 aromatic rings. The number of allylic oxidation sites excluding steroid dienone is 1. The smallest absolute Gasteiger partial charge is 0.364 e. The Hall–Kier alpha value is -2.69. The molecule has 0 unspecified atom stereocenters.